The van der Waals surface area contributed by atoms with E-state index in [1.54, 1.807) is 0 Å². The first-order valence-corrected chi connectivity index (χ1v) is 4.23. The zero-order chi connectivity index (χ0) is 11.9. The highest BCUT2D eigenvalue weighted by molar-refractivity contribution is 5.87. The molecule has 1 N–H and O–H groups in total. The van der Waals surface area contributed by atoms with Crippen molar-refractivity contribution >= 4 is 16.6 Å². The number of nitro groups is 1. The molecule has 2 aromatic rings. The van der Waals surface area contributed by atoms with Crippen LogP contribution in [0.15, 0.2) is 24.4 Å². The number of nitrogens with zero attached hydrogens (tertiary/aromatic N) is 1. The Morgan fingerprint density at radius 1 is 1.25 bits per heavy atom. The molecular formula is C9H5F3N2O2. The van der Waals surface area contributed by atoms with Crippen molar-refractivity contribution in [2.24, 2.45) is 0 Å². The van der Waals surface area contributed by atoms with Crippen LogP contribution in [-0.4, -0.2) is 9.91 Å². The minimum atomic E-state index is -4.75. The lowest BCUT2D eigenvalue weighted by atomic mass is 10.1. The quantitative estimate of drug-likeness (QED) is 0.604. The lowest BCUT2D eigenvalue weighted by Crippen LogP contribution is -2.09. The average molecular weight is 230 g/mol. The van der Waals surface area contributed by atoms with E-state index in [-0.39, 0.29) is 10.9 Å². The molecule has 0 radical (unpaired) electrons. The average Bonchev–Trinajstić information content (AvgIpc) is 2.61. The van der Waals surface area contributed by atoms with Gasteiger partial charge in [-0.2, -0.15) is 13.2 Å². The van der Waals surface area contributed by atoms with Gasteiger partial charge in [-0.25, -0.2) is 0 Å². The van der Waals surface area contributed by atoms with Gasteiger partial charge in [0.05, 0.1) is 4.92 Å². The molecule has 0 unspecified atom stereocenters. The largest absolute Gasteiger partial charge is 0.423 e. The number of nitro benzene ring substituents is 1. The van der Waals surface area contributed by atoms with Gasteiger partial charge in [0.1, 0.15) is 5.56 Å². The van der Waals surface area contributed by atoms with Crippen LogP contribution < -0.4 is 0 Å². The van der Waals surface area contributed by atoms with Gasteiger partial charge in [0.25, 0.3) is 5.69 Å². The van der Waals surface area contributed by atoms with Crippen LogP contribution in [0, 0.1) is 10.1 Å². The third-order valence-electron chi connectivity index (χ3n) is 2.19. The number of nitrogens with one attached hydrogen (secondary N) is 1. The van der Waals surface area contributed by atoms with E-state index in [0.29, 0.717) is 0 Å². The summed E-state index contributed by atoms with van der Waals surface area (Å²) in [5.74, 6) is 0. The summed E-state index contributed by atoms with van der Waals surface area (Å²) in [4.78, 5) is 12.1. The maximum absolute atomic E-state index is 12.7. The molecule has 1 heterocycles. The maximum atomic E-state index is 12.7. The first kappa shape index (κ1) is 10.5. The van der Waals surface area contributed by atoms with Crippen molar-refractivity contribution in [3.05, 3.63) is 40.1 Å². The van der Waals surface area contributed by atoms with Gasteiger partial charge in [-0.1, -0.05) is 0 Å². The van der Waals surface area contributed by atoms with Gasteiger partial charge in [-0.05, 0) is 12.1 Å². The summed E-state index contributed by atoms with van der Waals surface area (Å²) in [6.07, 6.45) is -3.44. The maximum Gasteiger partial charge on any atom is 0.423 e. The Morgan fingerprint density at radius 2 is 1.94 bits per heavy atom. The number of fused-ring (bicyclic) bond motifs is 1. The number of benzene rings is 1. The molecule has 0 amide bonds. The van der Waals surface area contributed by atoms with Crippen LogP contribution in [0.4, 0.5) is 18.9 Å². The SMILES string of the molecule is O=[N+]([O-])c1ccc2[nH]ccc2c1C(F)(F)F. The molecule has 0 spiro atoms. The molecule has 0 saturated carbocycles. The van der Waals surface area contributed by atoms with Gasteiger partial charge in [0, 0.05) is 23.2 Å². The van der Waals surface area contributed by atoms with E-state index in [4.69, 9.17) is 0 Å². The summed E-state index contributed by atoms with van der Waals surface area (Å²) < 4.78 is 38.1. The number of hydrogen-bond acceptors (Lipinski definition) is 2. The van der Waals surface area contributed by atoms with Crippen molar-refractivity contribution in [3.63, 3.8) is 0 Å². The van der Waals surface area contributed by atoms with E-state index in [1.807, 2.05) is 0 Å². The van der Waals surface area contributed by atoms with E-state index in [1.165, 1.54) is 18.3 Å². The van der Waals surface area contributed by atoms with Crippen LogP contribution in [0.1, 0.15) is 5.56 Å². The zero-order valence-corrected chi connectivity index (χ0v) is 7.71. The van der Waals surface area contributed by atoms with E-state index < -0.39 is 22.4 Å². The standard InChI is InChI=1S/C9H5F3N2O2/c10-9(11,12)8-5-3-4-13-6(5)1-2-7(8)14(15)16/h1-4,13H. The molecule has 0 fully saturated rings. The number of alkyl halides is 3. The molecule has 7 heteroatoms. The molecule has 0 aliphatic rings. The highest BCUT2D eigenvalue weighted by Crippen LogP contribution is 2.40. The second kappa shape index (κ2) is 3.22. The van der Waals surface area contributed by atoms with Gasteiger partial charge in [0.15, 0.2) is 0 Å². The molecule has 16 heavy (non-hydrogen) atoms. The van der Waals surface area contributed by atoms with Crippen molar-refractivity contribution in [3.8, 4) is 0 Å². The molecule has 1 aromatic heterocycles. The Kier molecular flexibility index (Phi) is 2.11. The summed E-state index contributed by atoms with van der Waals surface area (Å²) in [6.45, 7) is 0. The fourth-order valence-electron chi connectivity index (χ4n) is 1.57. The lowest BCUT2D eigenvalue weighted by Gasteiger charge is -2.08. The van der Waals surface area contributed by atoms with Crippen LogP contribution in [-0.2, 0) is 6.18 Å². The van der Waals surface area contributed by atoms with Crippen molar-refractivity contribution in [2.75, 3.05) is 0 Å². The lowest BCUT2D eigenvalue weighted by molar-refractivity contribution is -0.387. The van der Waals surface area contributed by atoms with E-state index in [9.17, 15) is 23.3 Å². The molecule has 0 aliphatic carbocycles. The van der Waals surface area contributed by atoms with E-state index in [2.05, 4.69) is 4.98 Å². The fraction of sp³-hybridized carbons (Fsp3) is 0.111. The van der Waals surface area contributed by atoms with Gasteiger partial charge in [-0.3, -0.25) is 10.1 Å². The van der Waals surface area contributed by atoms with Gasteiger partial charge in [0.2, 0.25) is 0 Å². The van der Waals surface area contributed by atoms with Gasteiger partial charge < -0.3 is 4.98 Å². The molecule has 0 aliphatic heterocycles. The number of H-pyrrole nitrogens is 1. The molecule has 4 nitrogen and oxygen atoms in total. The fourth-order valence-corrected chi connectivity index (χ4v) is 1.57. The molecular weight excluding hydrogens is 225 g/mol. The topological polar surface area (TPSA) is 58.9 Å². The van der Waals surface area contributed by atoms with Gasteiger partial charge in [-0.15, -0.1) is 0 Å². The summed E-state index contributed by atoms with van der Waals surface area (Å²) in [7, 11) is 0. The Labute approximate surface area is 86.8 Å². The minimum Gasteiger partial charge on any atom is -0.361 e. The second-order valence-corrected chi connectivity index (χ2v) is 3.15. The molecule has 0 atom stereocenters. The molecule has 0 bridgehead atoms. The van der Waals surface area contributed by atoms with Crippen LogP contribution in [0.2, 0.25) is 0 Å². The number of halogens is 3. The zero-order valence-electron chi connectivity index (χ0n) is 7.71. The Bertz CT molecular complexity index is 559. The number of aromatic nitrogens is 1. The number of rotatable bonds is 1. The highest BCUT2D eigenvalue weighted by atomic mass is 19.4. The second-order valence-electron chi connectivity index (χ2n) is 3.15. The van der Waals surface area contributed by atoms with Crippen LogP contribution >= 0.6 is 0 Å². The molecule has 84 valence electrons. The predicted molar refractivity (Wildman–Crippen MR) is 50.0 cm³/mol. The normalized spacial score (nSPS) is 11.9. The van der Waals surface area contributed by atoms with E-state index in [0.717, 1.165) is 6.07 Å². The highest BCUT2D eigenvalue weighted by Gasteiger charge is 2.40. The Morgan fingerprint density at radius 3 is 2.50 bits per heavy atom. The van der Waals surface area contributed by atoms with Crippen molar-refractivity contribution in [1.82, 2.24) is 4.98 Å². The van der Waals surface area contributed by atoms with Crippen LogP contribution in [0.5, 0.6) is 0 Å². The predicted octanol–water partition coefficient (Wildman–Crippen LogP) is 3.09. The van der Waals surface area contributed by atoms with Crippen molar-refractivity contribution in [2.45, 2.75) is 6.18 Å². The summed E-state index contributed by atoms with van der Waals surface area (Å²) >= 11 is 0. The minimum absolute atomic E-state index is 0.193. The van der Waals surface area contributed by atoms with E-state index >= 15 is 0 Å². The van der Waals surface area contributed by atoms with Crippen molar-refractivity contribution in [1.29, 1.82) is 0 Å². The first-order chi connectivity index (χ1) is 7.41. The molecule has 2 rings (SSSR count). The molecule has 0 saturated heterocycles. The summed E-state index contributed by atoms with van der Waals surface area (Å²) in [5, 5.41) is 10.3. The van der Waals surface area contributed by atoms with Gasteiger partial charge >= 0.3 is 6.18 Å². The number of aromatic amines is 1. The third-order valence-corrected chi connectivity index (χ3v) is 2.19. The summed E-state index contributed by atoms with van der Waals surface area (Å²) in [6, 6.07) is 3.27. The Hall–Kier alpha value is -2.05. The smallest absolute Gasteiger partial charge is 0.361 e. The summed E-state index contributed by atoms with van der Waals surface area (Å²) in [5.41, 5.74) is -1.92. The van der Waals surface area contributed by atoms with Crippen LogP contribution in [0.3, 0.4) is 0 Å². The monoisotopic (exact) mass is 230 g/mol. The van der Waals surface area contributed by atoms with Crippen molar-refractivity contribution < 1.29 is 18.1 Å². The third kappa shape index (κ3) is 1.50. The number of hydrogen-bond donors (Lipinski definition) is 1. The first-order valence-electron chi connectivity index (χ1n) is 4.23. The Balaban J connectivity index is 2.86. The molecule has 1 aromatic carbocycles. The van der Waals surface area contributed by atoms with Crippen LogP contribution in [0.25, 0.3) is 10.9 Å².